The SMILES string of the molecule is CC(=O)c1cc(C(CC(C)C)N2C(=O)C[C@@](CC3CC3)(c3ccccc3)N=C2N)ccc1C(C)(C)C.CCc1nccnc1CC. The molecule has 2 N–H and O–H groups in total. The minimum Gasteiger partial charge on any atom is -0.369 e. The highest BCUT2D eigenvalue weighted by Crippen LogP contribution is 2.47. The molecule has 1 aromatic heterocycles. The molecule has 7 nitrogen and oxygen atoms in total. The number of nitrogens with zero attached hydrogens (tertiary/aromatic N) is 4. The molecular formula is C39H53N5O2. The summed E-state index contributed by atoms with van der Waals surface area (Å²) < 4.78 is 0. The van der Waals surface area contributed by atoms with Gasteiger partial charge in [0.05, 0.1) is 29.4 Å². The number of nitrogens with two attached hydrogens (primary N) is 1. The van der Waals surface area contributed by atoms with E-state index in [4.69, 9.17) is 10.7 Å². The van der Waals surface area contributed by atoms with Crippen LogP contribution in [-0.2, 0) is 28.6 Å². The van der Waals surface area contributed by atoms with Crippen molar-refractivity contribution in [3.05, 3.63) is 94.6 Å². The molecule has 1 fully saturated rings. The Morgan fingerprint density at radius 1 is 1.00 bits per heavy atom. The lowest BCUT2D eigenvalue weighted by Crippen LogP contribution is -2.52. The van der Waals surface area contributed by atoms with Crippen molar-refractivity contribution in [3.63, 3.8) is 0 Å². The van der Waals surface area contributed by atoms with Crippen LogP contribution in [0.5, 0.6) is 0 Å². The summed E-state index contributed by atoms with van der Waals surface area (Å²) in [7, 11) is 0. The molecule has 1 aliphatic heterocycles. The zero-order valence-corrected chi connectivity index (χ0v) is 29.1. The molecule has 5 rings (SSSR count). The molecule has 2 atom stereocenters. The summed E-state index contributed by atoms with van der Waals surface area (Å²) in [6.07, 6.45) is 9.72. The molecule has 1 aliphatic carbocycles. The number of ketones is 1. The average Bonchev–Trinajstić information content (AvgIpc) is 3.83. The fraction of sp³-hybridized carbons (Fsp3) is 0.513. The highest BCUT2D eigenvalue weighted by molar-refractivity contribution is 6.00. The Labute approximate surface area is 276 Å². The van der Waals surface area contributed by atoms with Crippen molar-refractivity contribution in [1.82, 2.24) is 14.9 Å². The zero-order valence-electron chi connectivity index (χ0n) is 29.1. The van der Waals surface area contributed by atoms with Crippen LogP contribution in [0.1, 0.15) is 132 Å². The minimum absolute atomic E-state index is 0.00178. The van der Waals surface area contributed by atoms with Crippen LogP contribution in [0.2, 0.25) is 0 Å². The third-order valence-electron chi connectivity index (χ3n) is 9.07. The molecule has 0 spiro atoms. The summed E-state index contributed by atoms with van der Waals surface area (Å²) in [5, 5.41) is 0. The van der Waals surface area contributed by atoms with Gasteiger partial charge in [-0.3, -0.25) is 24.5 Å². The van der Waals surface area contributed by atoms with Gasteiger partial charge < -0.3 is 5.73 Å². The van der Waals surface area contributed by atoms with Crippen molar-refractivity contribution < 1.29 is 9.59 Å². The molecule has 0 radical (unpaired) electrons. The van der Waals surface area contributed by atoms with E-state index >= 15 is 0 Å². The van der Waals surface area contributed by atoms with E-state index in [2.05, 4.69) is 76.6 Å². The van der Waals surface area contributed by atoms with E-state index in [1.54, 1.807) is 24.2 Å². The number of hydrogen-bond acceptors (Lipinski definition) is 6. The van der Waals surface area contributed by atoms with E-state index in [0.717, 1.165) is 53.8 Å². The predicted molar refractivity (Wildman–Crippen MR) is 187 cm³/mol. The van der Waals surface area contributed by atoms with E-state index in [0.29, 0.717) is 23.8 Å². The second kappa shape index (κ2) is 14.7. The normalized spacial score (nSPS) is 18.9. The molecule has 2 heterocycles. The number of amides is 1. The number of aryl methyl sites for hydroxylation is 2. The van der Waals surface area contributed by atoms with Crippen LogP contribution >= 0.6 is 0 Å². The fourth-order valence-electron chi connectivity index (χ4n) is 6.60. The number of guanidine groups is 1. The molecule has 2 aliphatic rings. The van der Waals surface area contributed by atoms with Gasteiger partial charge in [0.15, 0.2) is 11.7 Å². The summed E-state index contributed by atoms with van der Waals surface area (Å²) in [5.41, 5.74) is 11.9. The maximum atomic E-state index is 13.9. The van der Waals surface area contributed by atoms with E-state index in [-0.39, 0.29) is 29.1 Å². The van der Waals surface area contributed by atoms with Crippen LogP contribution in [0.15, 0.2) is 65.9 Å². The lowest BCUT2D eigenvalue weighted by molar-refractivity contribution is -0.132. The molecule has 0 saturated heterocycles. The van der Waals surface area contributed by atoms with Crippen LogP contribution in [0.3, 0.4) is 0 Å². The standard InChI is InChI=1S/C31H41N3O2.C8H12N2/c1-20(2)16-27(23-14-15-26(30(4,5)6)25(17-23)21(3)35)34-28(36)19-31(33-29(34)32,18-22-12-13-22)24-10-8-7-9-11-24;1-3-7-8(4-2)10-6-5-9-7/h7-11,14-15,17,20,22,27H,12-13,16,18-19H2,1-6H3,(H2,32,33);5-6H,3-4H2,1-2H3/t27?,31-;/m0./s1. The van der Waals surface area contributed by atoms with Gasteiger partial charge in [-0.15, -0.1) is 0 Å². The number of aliphatic imine (C=N–C) groups is 1. The molecule has 46 heavy (non-hydrogen) atoms. The van der Waals surface area contributed by atoms with Gasteiger partial charge in [-0.25, -0.2) is 4.99 Å². The van der Waals surface area contributed by atoms with Gasteiger partial charge in [-0.1, -0.05) is 104 Å². The summed E-state index contributed by atoms with van der Waals surface area (Å²) in [6.45, 7) is 16.4. The van der Waals surface area contributed by atoms with Gasteiger partial charge >= 0.3 is 0 Å². The van der Waals surface area contributed by atoms with Crippen molar-refractivity contribution in [3.8, 4) is 0 Å². The molecule has 246 valence electrons. The Kier molecular flexibility index (Phi) is 11.2. The van der Waals surface area contributed by atoms with E-state index < -0.39 is 5.54 Å². The van der Waals surface area contributed by atoms with Crippen LogP contribution < -0.4 is 5.73 Å². The smallest absolute Gasteiger partial charge is 0.232 e. The first-order chi connectivity index (χ1) is 21.8. The number of carbonyl (C=O) groups is 2. The zero-order chi connectivity index (χ0) is 33.6. The van der Waals surface area contributed by atoms with Crippen LogP contribution in [0.4, 0.5) is 0 Å². The largest absolute Gasteiger partial charge is 0.369 e. The number of hydrogen-bond donors (Lipinski definition) is 1. The maximum absolute atomic E-state index is 13.9. The van der Waals surface area contributed by atoms with Crippen LogP contribution in [0, 0.1) is 11.8 Å². The molecule has 2 aromatic carbocycles. The first-order valence-electron chi connectivity index (χ1n) is 17.0. The van der Waals surface area contributed by atoms with Gasteiger partial charge in [0.1, 0.15) is 0 Å². The monoisotopic (exact) mass is 623 g/mol. The highest BCUT2D eigenvalue weighted by Gasteiger charge is 2.46. The Morgan fingerprint density at radius 3 is 2.09 bits per heavy atom. The predicted octanol–water partition coefficient (Wildman–Crippen LogP) is 8.12. The van der Waals surface area contributed by atoms with Crippen molar-refractivity contribution in [2.24, 2.45) is 22.6 Å². The third kappa shape index (κ3) is 8.28. The minimum atomic E-state index is -0.608. The van der Waals surface area contributed by atoms with Gasteiger partial charge in [0.2, 0.25) is 5.91 Å². The Morgan fingerprint density at radius 2 is 1.61 bits per heavy atom. The number of aromatic nitrogens is 2. The third-order valence-corrected chi connectivity index (χ3v) is 9.07. The van der Waals surface area contributed by atoms with Gasteiger partial charge in [-0.2, -0.15) is 0 Å². The molecule has 7 heteroatoms. The molecule has 1 saturated carbocycles. The van der Waals surface area contributed by atoms with Crippen molar-refractivity contribution in [2.45, 2.75) is 117 Å². The van der Waals surface area contributed by atoms with Crippen molar-refractivity contribution >= 4 is 17.6 Å². The number of rotatable bonds is 10. The number of benzene rings is 2. The summed E-state index contributed by atoms with van der Waals surface area (Å²) >= 11 is 0. The second-order valence-electron chi connectivity index (χ2n) is 14.4. The van der Waals surface area contributed by atoms with Gasteiger partial charge in [0.25, 0.3) is 0 Å². The first kappa shape index (κ1) is 35.0. The first-order valence-corrected chi connectivity index (χ1v) is 17.0. The Bertz CT molecular complexity index is 1510. The van der Waals surface area contributed by atoms with Crippen molar-refractivity contribution in [2.75, 3.05) is 0 Å². The topological polar surface area (TPSA) is 102 Å². The fourth-order valence-corrected chi connectivity index (χ4v) is 6.60. The summed E-state index contributed by atoms with van der Waals surface area (Å²) in [5.74, 6) is 1.23. The molecule has 0 bridgehead atoms. The summed E-state index contributed by atoms with van der Waals surface area (Å²) in [6, 6.07) is 15.9. The van der Waals surface area contributed by atoms with E-state index in [1.807, 2.05) is 30.3 Å². The van der Waals surface area contributed by atoms with Gasteiger partial charge in [0, 0.05) is 18.0 Å². The van der Waals surface area contributed by atoms with Crippen LogP contribution in [-0.4, -0.2) is 32.5 Å². The second-order valence-corrected chi connectivity index (χ2v) is 14.4. The molecule has 3 aromatic rings. The lowest BCUT2D eigenvalue weighted by atomic mass is 9.79. The number of Topliss-reactive ketones (excluding diaryl/α,β-unsaturated/α-hetero) is 1. The van der Waals surface area contributed by atoms with Gasteiger partial charge in [-0.05, 0) is 72.6 Å². The highest BCUT2D eigenvalue weighted by atomic mass is 16.2. The average molecular weight is 624 g/mol. The molecule has 1 unspecified atom stereocenters. The number of carbonyl (C=O) groups excluding carboxylic acids is 2. The van der Waals surface area contributed by atoms with E-state index in [1.165, 1.54) is 12.8 Å². The lowest BCUT2D eigenvalue weighted by Gasteiger charge is -2.42. The van der Waals surface area contributed by atoms with E-state index in [9.17, 15) is 9.59 Å². The Balaban J connectivity index is 0.000000409. The molecule has 1 amide bonds. The van der Waals surface area contributed by atoms with Crippen LogP contribution in [0.25, 0.3) is 0 Å². The molecular weight excluding hydrogens is 570 g/mol. The quantitative estimate of drug-likeness (QED) is 0.230. The Hall–Kier alpha value is -3.87. The maximum Gasteiger partial charge on any atom is 0.232 e. The van der Waals surface area contributed by atoms with Crippen molar-refractivity contribution in [1.29, 1.82) is 0 Å². The summed E-state index contributed by atoms with van der Waals surface area (Å²) in [4.78, 5) is 41.8.